The zero-order valence-corrected chi connectivity index (χ0v) is 20.4. The summed E-state index contributed by atoms with van der Waals surface area (Å²) in [4.78, 5) is 0.0922. The molecule has 31 heavy (non-hydrogen) atoms. The quantitative estimate of drug-likeness (QED) is 0.566. The molecule has 176 valence electrons. The van der Waals surface area contributed by atoms with Gasteiger partial charge in [0.05, 0.1) is 15.5 Å². The molecule has 9 nitrogen and oxygen atoms in total. The molecule has 2 aliphatic rings. The predicted molar refractivity (Wildman–Crippen MR) is 118 cm³/mol. The van der Waals surface area contributed by atoms with E-state index in [-0.39, 0.29) is 47.8 Å². The highest BCUT2D eigenvalue weighted by molar-refractivity contribution is 7.90. The van der Waals surface area contributed by atoms with Crippen LogP contribution >= 0.6 is 0 Å². The molecule has 2 aliphatic heterocycles. The number of sulfonamides is 3. The van der Waals surface area contributed by atoms with Crippen molar-refractivity contribution >= 4 is 30.1 Å². The van der Waals surface area contributed by atoms with E-state index in [1.165, 1.54) is 37.2 Å². The van der Waals surface area contributed by atoms with Crippen molar-refractivity contribution in [3.8, 4) is 0 Å². The fourth-order valence-corrected chi connectivity index (χ4v) is 8.41. The van der Waals surface area contributed by atoms with Crippen LogP contribution in [0.1, 0.15) is 39.5 Å². The second-order valence-corrected chi connectivity index (χ2v) is 13.9. The molecule has 2 fully saturated rings. The fourth-order valence-electron chi connectivity index (χ4n) is 4.14. The SMILES string of the molecule is CC[C@H]1CCCCN1S(=O)(=O)c1ccc(S(=O)(=O)N2CCN(S(=O)(=O)CC)CC2)cc1. The lowest BCUT2D eigenvalue weighted by Gasteiger charge is -2.34. The lowest BCUT2D eigenvalue weighted by atomic mass is 10.0. The van der Waals surface area contributed by atoms with Gasteiger partial charge < -0.3 is 0 Å². The maximum atomic E-state index is 13.1. The van der Waals surface area contributed by atoms with Gasteiger partial charge in [-0.15, -0.1) is 0 Å². The van der Waals surface area contributed by atoms with Crippen LogP contribution in [0.4, 0.5) is 0 Å². The second-order valence-electron chi connectivity index (χ2n) is 7.85. The number of piperidine rings is 1. The van der Waals surface area contributed by atoms with Crippen molar-refractivity contribution < 1.29 is 25.3 Å². The van der Waals surface area contributed by atoms with Crippen molar-refractivity contribution in [2.24, 2.45) is 0 Å². The van der Waals surface area contributed by atoms with Crippen LogP contribution in [0.15, 0.2) is 34.1 Å². The molecular weight excluding hydrogens is 462 g/mol. The summed E-state index contributed by atoms with van der Waals surface area (Å²) in [6, 6.07) is 5.31. The summed E-state index contributed by atoms with van der Waals surface area (Å²) in [7, 11) is -10.9. The molecular formula is C19H31N3O6S3. The molecule has 0 N–H and O–H groups in total. The Morgan fingerprint density at radius 2 is 1.26 bits per heavy atom. The van der Waals surface area contributed by atoms with E-state index >= 15 is 0 Å². The van der Waals surface area contributed by atoms with Crippen LogP contribution in [0.25, 0.3) is 0 Å². The third-order valence-electron chi connectivity index (χ3n) is 6.07. The summed E-state index contributed by atoms with van der Waals surface area (Å²) in [6.07, 6.45) is 3.41. The Hall–Kier alpha value is -1.05. The molecule has 2 saturated heterocycles. The number of benzene rings is 1. The lowest BCUT2D eigenvalue weighted by Crippen LogP contribution is -2.50. The van der Waals surface area contributed by atoms with E-state index in [0.29, 0.717) is 6.54 Å². The molecule has 2 heterocycles. The minimum atomic E-state index is -3.84. The predicted octanol–water partition coefficient (Wildman–Crippen LogP) is 1.30. The topological polar surface area (TPSA) is 112 Å². The van der Waals surface area contributed by atoms with E-state index in [4.69, 9.17) is 0 Å². The van der Waals surface area contributed by atoms with E-state index < -0.39 is 30.1 Å². The fraction of sp³-hybridized carbons (Fsp3) is 0.684. The maximum Gasteiger partial charge on any atom is 0.243 e. The summed E-state index contributed by atoms with van der Waals surface area (Å²) in [5.74, 6) is -0.0222. The van der Waals surface area contributed by atoms with Gasteiger partial charge in [0.15, 0.2) is 0 Å². The van der Waals surface area contributed by atoms with Gasteiger partial charge >= 0.3 is 0 Å². The Morgan fingerprint density at radius 3 is 1.77 bits per heavy atom. The minimum Gasteiger partial charge on any atom is -0.212 e. The van der Waals surface area contributed by atoms with Crippen molar-refractivity contribution in [1.29, 1.82) is 0 Å². The molecule has 0 amide bonds. The van der Waals surface area contributed by atoms with Gasteiger partial charge in [-0.1, -0.05) is 13.3 Å². The molecule has 1 aromatic carbocycles. The second kappa shape index (κ2) is 9.44. The highest BCUT2D eigenvalue weighted by atomic mass is 32.2. The van der Waals surface area contributed by atoms with Crippen molar-refractivity contribution in [1.82, 2.24) is 12.9 Å². The summed E-state index contributed by atoms with van der Waals surface area (Å²) >= 11 is 0. The maximum absolute atomic E-state index is 13.1. The third kappa shape index (κ3) is 4.98. The molecule has 3 rings (SSSR count). The molecule has 0 radical (unpaired) electrons. The molecule has 0 saturated carbocycles. The van der Waals surface area contributed by atoms with E-state index in [2.05, 4.69) is 0 Å². The zero-order chi connectivity index (χ0) is 22.9. The molecule has 0 unspecified atom stereocenters. The average molecular weight is 494 g/mol. The number of piperazine rings is 1. The van der Waals surface area contributed by atoms with Crippen LogP contribution in [0.5, 0.6) is 0 Å². The Bertz CT molecular complexity index is 1080. The van der Waals surface area contributed by atoms with E-state index in [0.717, 1.165) is 25.7 Å². The molecule has 0 aliphatic carbocycles. The van der Waals surface area contributed by atoms with E-state index in [1.807, 2.05) is 6.92 Å². The Morgan fingerprint density at radius 1 is 0.742 bits per heavy atom. The van der Waals surface area contributed by atoms with Gasteiger partial charge in [-0.05, 0) is 50.5 Å². The van der Waals surface area contributed by atoms with Crippen LogP contribution in [0, 0.1) is 0 Å². The molecule has 1 atom stereocenters. The van der Waals surface area contributed by atoms with Crippen molar-refractivity contribution in [3.05, 3.63) is 24.3 Å². The highest BCUT2D eigenvalue weighted by Gasteiger charge is 2.34. The minimum absolute atomic E-state index is 0.00364. The van der Waals surface area contributed by atoms with Gasteiger partial charge in [0.1, 0.15) is 0 Å². The van der Waals surface area contributed by atoms with Crippen LogP contribution in [0.3, 0.4) is 0 Å². The molecule has 1 aromatic rings. The molecule has 0 spiro atoms. The summed E-state index contributed by atoms with van der Waals surface area (Å²) in [5, 5.41) is 0. The van der Waals surface area contributed by atoms with Gasteiger partial charge in [-0.25, -0.2) is 25.3 Å². The van der Waals surface area contributed by atoms with Crippen molar-refractivity contribution in [3.63, 3.8) is 0 Å². The number of nitrogens with zero attached hydrogens (tertiary/aromatic N) is 3. The Balaban J connectivity index is 1.76. The number of rotatable bonds is 7. The summed E-state index contributed by atoms with van der Waals surface area (Å²) in [6.45, 7) is 4.35. The molecule has 0 aromatic heterocycles. The van der Waals surface area contributed by atoms with Gasteiger partial charge in [0, 0.05) is 38.8 Å². The van der Waals surface area contributed by atoms with Crippen LogP contribution < -0.4 is 0 Å². The van der Waals surface area contributed by atoms with Crippen molar-refractivity contribution in [2.45, 2.75) is 55.4 Å². The Labute approximate surface area is 186 Å². The zero-order valence-electron chi connectivity index (χ0n) is 18.0. The first-order chi connectivity index (χ1) is 14.5. The van der Waals surface area contributed by atoms with Gasteiger partial charge in [-0.2, -0.15) is 12.9 Å². The third-order valence-corrected chi connectivity index (χ3v) is 11.8. The monoisotopic (exact) mass is 493 g/mol. The van der Waals surface area contributed by atoms with Crippen molar-refractivity contribution in [2.75, 3.05) is 38.5 Å². The van der Waals surface area contributed by atoms with Crippen LogP contribution in [-0.2, 0) is 30.1 Å². The lowest BCUT2D eigenvalue weighted by molar-refractivity contribution is 0.246. The smallest absolute Gasteiger partial charge is 0.212 e. The molecule has 0 bridgehead atoms. The molecule has 12 heteroatoms. The first-order valence-electron chi connectivity index (χ1n) is 10.6. The number of hydrogen-bond donors (Lipinski definition) is 0. The first-order valence-corrected chi connectivity index (χ1v) is 15.1. The summed E-state index contributed by atoms with van der Waals surface area (Å²) < 4.78 is 80.2. The van der Waals surface area contributed by atoms with E-state index in [9.17, 15) is 25.3 Å². The Kier molecular flexibility index (Phi) is 7.49. The highest BCUT2D eigenvalue weighted by Crippen LogP contribution is 2.28. The van der Waals surface area contributed by atoms with Gasteiger partial charge in [0.2, 0.25) is 30.1 Å². The standard InChI is InChI=1S/C19H31N3O6S3/c1-3-17-7-5-6-12-22(17)31(27,28)19-10-8-18(9-11-19)30(25,26)21-15-13-20(14-16-21)29(23,24)4-2/h8-11,17H,3-7,12-16H2,1-2H3/t17-/m0/s1. The van der Waals surface area contributed by atoms with Crippen LogP contribution in [0.2, 0.25) is 0 Å². The van der Waals surface area contributed by atoms with E-state index in [1.54, 1.807) is 6.92 Å². The largest absolute Gasteiger partial charge is 0.243 e. The van der Waals surface area contributed by atoms with Crippen LogP contribution in [-0.4, -0.2) is 82.7 Å². The summed E-state index contributed by atoms with van der Waals surface area (Å²) in [5.41, 5.74) is 0. The van der Waals surface area contributed by atoms with Gasteiger partial charge in [-0.3, -0.25) is 0 Å². The normalized spacial score (nSPS) is 23.1. The van der Waals surface area contributed by atoms with Gasteiger partial charge in [0.25, 0.3) is 0 Å². The number of hydrogen-bond acceptors (Lipinski definition) is 6. The average Bonchev–Trinajstić information content (AvgIpc) is 2.79. The first kappa shape index (κ1) is 24.6.